The lowest BCUT2D eigenvalue weighted by molar-refractivity contribution is -0.146. The fourth-order valence-electron chi connectivity index (χ4n) is 6.93. The quantitative estimate of drug-likeness (QED) is 0.192. The van der Waals surface area contributed by atoms with Crippen molar-refractivity contribution in [3.63, 3.8) is 0 Å². The third-order valence-electron chi connectivity index (χ3n) is 9.44. The number of rotatable bonds is 10. The van der Waals surface area contributed by atoms with Gasteiger partial charge in [0.2, 0.25) is 12.5 Å². The van der Waals surface area contributed by atoms with Gasteiger partial charge in [-0.15, -0.1) is 0 Å². The maximum Gasteiger partial charge on any atom is 0.328 e. The Morgan fingerprint density at radius 3 is 2.22 bits per heavy atom. The van der Waals surface area contributed by atoms with Crippen molar-refractivity contribution >= 4 is 23.5 Å². The Morgan fingerprint density at radius 2 is 1.56 bits per heavy atom. The van der Waals surface area contributed by atoms with Gasteiger partial charge in [-0.25, -0.2) is 4.79 Å². The molecule has 0 radical (unpaired) electrons. The lowest BCUT2D eigenvalue weighted by Gasteiger charge is -2.40. The number of amides is 1. The molecule has 0 aromatic heterocycles. The Bertz CT molecular complexity index is 1910. The Balaban J connectivity index is 1.14. The summed E-state index contributed by atoms with van der Waals surface area (Å²) in [7, 11) is 2.91. The highest BCUT2D eigenvalue weighted by Crippen LogP contribution is 2.56. The molecular weight excluding hydrogens is 644 g/mol. The normalized spacial score (nSPS) is 20.5. The highest BCUT2D eigenvalue weighted by Gasteiger charge is 2.52. The third-order valence-corrected chi connectivity index (χ3v) is 9.44. The number of carbonyl (C=O) groups is 3. The van der Waals surface area contributed by atoms with Gasteiger partial charge in [-0.3, -0.25) is 9.59 Å². The number of hydrogen-bond donors (Lipinski definition) is 3. The van der Waals surface area contributed by atoms with E-state index >= 15 is 0 Å². The minimum atomic E-state index is -0.853. The molecule has 258 valence electrons. The van der Waals surface area contributed by atoms with E-state index in [9.17, 15) is 19.5 Å². The molecule has 4 aromatic rings. The van der Waals surface area contributed by atoms with Crippen LogP contribution in [0.2, 0.25) is 0 Å². The number of nitrogens with one attached hydrogen (secondary N) is 2. The van der Waals surface area contributed by atoms with Gasteiger partial charge < -0.3 is 44.2 Å². The second kappa shape index (κ2) is 13.5. The van der Waals surface area contributed by atoms with Gasteiger partial charge in [0.1, 0.15) is 12.6 Å². The van der Waals surface area contributed by atoms with Crippen molar-refractivity contribution < 1.29 is 47.9 Å². The number of benzene rings is 4. The molecule has 0 unspecified atom stereocenters. The number of aromatic hydroxyl groups is 1. The largest absolute Gasteiger partial charge is 0.502 e. The van der Waals surface area contributed by atoms with Crippen LogP contribution in [-0.4, -0.2) is 56.6 Å². The van der Waals surface area contributed by atoms with Crippen LogP contribution in [-0.2, 0) is 25.7 Å². The molecule has 4 aromatic carbocycles. The molecule has 3 aliphatic rings. The van der Waals surface area contributed by atoms with E-state index in [4.69, 9.17) is 28.4 Å². The van der Waals surface area contributed by atoms with Crippen LogP contribution in [0, 0.1) is 11.8 Å². The summed E-state index contributed by atoms with van der Waals surface area (Å²) in [5, 5.41) is 16.9. The van der Waals surface area contributed by atoms with Crippen LogP contribution in [0.4, 0.5) is 5.69 Å². The van der Waals surface area contributed by atoms with E-state index in [1.165, 1.54) is 14.2 Å². The molecule has 2 aliphatic heterocycles. The van der Waals surface area contributed by atoms with E-state index in [0.717, 1.165) is 16.7 Å². The Hall–Kier alpha value is -5.91. The minimum absolute atomic E-state index is 0.0730. The van der Waals surface area contributed by atoms with Gasteiger partial charge in [0.05, 0.1) is 32.8 Å². The van der Waals surface area contributed by atoms with Gasteiger partial charge in [0.15, 0.2) is 23.0 Å². The topological polar surface area (TPSA) is 151 Å². The lowest BCUT2D eigenvalue weighted by atomic mass is 9.65. The zero-order chi connectivity index (χ0) is 34.9. The van der Waals surface area contributed by atoms with E-state index < -0.39 is 29.8 Å². The van der Waals surface area contributed by atoms with Crippen LogP contribution >= 0.6 is 0 Å². The maximum atomic E-state index is 13.5. The predicted octanol–water partition coefficient (Wildman–Crippen LogP) is 5.09. The summed E-state index contributed by atoms with van der Waals surface area (Å²) in [6, 6.07) is 22.2. The van der Waals surface area contributed by atoms with E-state index in [2.05, 4.69) is 10.6 Å². The van der Waals surface area contributed by atoms with Gasteiger partial charge in [-0.05, 0) is 77.7 Å². The number of fused-ring (bicyclic) bond motifs is 3. The van der Waals surface area contributed by atoms with Gasteiger partial charge in [-0.1, -0.05) is 30.3 Å². The molecule has 12 heteroatoms. The predicted molar refractivity (Wildman–Crippen MR) is 180 cm³/mol. The Morgan fingerprint density at radius 1 is 0.900 bits per heavy atom. The van der Waals surface area contributed by atoms with Crippen molar-refractivity contribution in [3.8, 4) is 28.7 Å². The number of phenols is 1. The monoisotopic (exact) mass is 680 g/mol. The first-order chi connectivity index (χ1) is 24.2. The SMILES string of the molecule is COc1cc([C@@H]2c3cc4c(cc3[C@@H](Nc3ccc(C(=O)N[C@@H](C)C(=O)OCc5ccccc5)cc3)[C@H]3COC(=O)[C@H]23)OCO4)cc(OC)c1O. The fraction of sp³-hybridized carbons (Fsp3) is 0.289. The number of cyclic esters (lactones) is 1. The van der Waals surface area contributed by atoms with Crippen molar-refractivity contribution in [1.29, 1.82) is 0 Å². The van der Waals surface area contributed by atoms with Crippen molar-refractivity contribution in [1.82, 2.24) is 5.32 Å². The van der Waals surface area contributed by atoms with E-state index in [-0.39, 0.29) is 55.2 Å². The fourth-order valence-corrected chi connectivity index (χ4v) is 6.93. The zero-order valence-corrected chi connectivity index (χ0v) is 27.6. The number of ether oxygens (including phenoxy) is 6. The molecule has 1 fully saturated rings. The average molecular weight is 681 g/mol. The highest BCUT2D eigenvalue weighted by molar-refractivity contribution is 5.97. The molecule has 1 saturated heterocycles. The highest BCUT2D eigenvalue weighted by atomic mass is 16.7. The Kier molecular flexibility index (Phi) is 8.83. The number of hydrogen-bond acceptors (Lipinski definition) is 11. The van der Waals surface area contributed by atoms with Gasteiger partial charge >= 0.3 is 11.9 Å². The van der Waals surface area contributed by atoms with Crippen molar-refractivity contribution in [3.05, 3.63) is 107 Å². The number of esters is 2. The number of phenolic OH excluding ortho intramolecular Hbond substituents is 1. The first-order valence-corrected chi connectivity index (χ1v) is 16.2. The van der Waals surface area contributed by atoms with Crippen molar-refractivity contribution in [2.75, 3.05) is 32.9 Å². The van der Waals surface area contributed by atoms with Crippen LogP contribution < -0.4 is 29.6 Å². The second-order valence-electron chi connectivity index (χ2n) is 12.4. The standard InChI is InChI=1S/C38H36N2O10/c1-20(37(43)47-17-21-7-5-4-6-8-21)39-36(42)22-9-11-24(12-10-22)40-34-26-16-29-28(49-19-50-29)15-25(26)32(33-27(34)18-48-38(33)44)23-13-30(45-2)35(41)31(14-23)46-3/h4-16,20,27,32-34,40-41H,17-19H2,1-3H3,(H,39,42)/t20-,27-,32+,33-,34+/m0/s1. The lowest BCUT2D eigenvalue weighted by Crippen LogP contribution is -2.39. The van der Waals surface area contributed by atoms with E-state index in [1.807, 2.05) is 42.5 Å². The summed E-state index contributed by atoms with van der Waals surface area (Å²) in [6.07, 6.45) is 0. The summed E-state index contributed by atoms with van der Waals surface area (Å²) in [4.78, 5) is 39.0. The van der Waals surface area contributed by atoms with Gasteiger partial charge in [0, 0.05) is 23.1 Å². The van der Waals surface area contributed by atoms with Crippen molar-refractivity contribution in [2.24, 2.45) is 11.8 Å². The first kappa shape index (κ1) is 32.6. The van der Waals surface area contributed by atoms with E-state index in [1.54, 1.807) is 43.3 Å². The first-order valence-electron chi connectivity index (χ1n) is 16.2. The maximum absolute atomic E-state index is 13.5. The molecule has 0 bridgehead atoms. The van der Waals surface area contributed by atoms with Gasteiger partial charge in [0.25, 0.3) is 5.91 Å². The molecule has 3 N–H and O–H groups in total. The molecule has 5 atom stereocenters. The van der Waals surface area contributed by atoms with Crippen LogP contribution in [0.5, 0.6) is 28.7 Å². The van der Waals surface area contributed by atoms with Crippen LogP contribution in [0.15, 0.2) is 78.9 Å². The smallest absolute Gasteiger partial charge is 0.328 e. The number of carbonyl (C=O) groups excluding carboxylic acids is 3. The van der Waals surface area contributed by atoms with Crippen LogP contribution in [0.1, 0.15) is 51.5 Å². The zero-order valence-electron chi connectivity index (χ0n) is 27.6. The molecule has 0 spiro atoms. The molecule has 12 nitrogen and oxygen atoms in total. The van der Waals surface area contributed by atoms with E-state index in [0.29, 0.717) is 28.3 Å². The molecule has 7 rings (SSSR count). The third kappa shape index (κ3) is 6.08. The second-order valence-corrected chi connectivity index (χ2v) is 12.4. The summed E-state index contributed by atoms with van der Waals surface area (Å²) < 4.78 is 33.5. The van der Waals surface area contributed by atoms with Crippen LogP contribution in [0.3, 0.4) is 0 Å². The molecule has 0 saturated carbocycles. The summed E-state index contributed by atoms with van der Waals surface area (Å²) in [5.74, 6) is -1.23. The van der Waals surface area contributed by atoms with Crippen molar-refractivity contribution in [2.45, 2.75) is 31.5 Å². The van der Waals surface area contributed by atoms with Gasteiger partial charge in [-0.2, -0.15) is 0 Å². The molecule has 1 aliphatic carbocycles. The Labute approximate surface area is 288 Å². The molecular formula is C38H36N2O10. The van der Waals surface area contributed by atoms with Crippen LogP contribution in [0.25, 0.3) is 0 Å². The minimum Gasteiger partial charge on any atom is -0.502 e. The number of anilines is 1. The molecule has 2 heterocycles. The summed E-state index contributed by atoms with van der Waals surface area (Å²) in [6.45, 7) is 1.94. The molecule has 50 heavy (non-hydrogen) atoms. The molecule has 1 amide bonds. The summed E-state index contributed by atoms with van der Waals surface area (Å²) >= 11 is 0. The number of methoxy groups -OCH3 is 2. The average Bonchev–Trinajstić information content (AvgIpc) is 3.76. The summed E-state index contributed by atoms with van der Waals surface area (Å²) in [5.41, 5.74) is 4.33.